The van der Waals surface area contributed by atoms with Crippen LogP contribution in [0.1, 0.15) is 81.9 Å². The van der Waals surface area contributed by atoms with Gasteiger partial charge >= 0.3 is 0 Å². The Kier molecular flexibility index (Phi) is 7.69. The van der Waals surface area contributed by atoms with Crippen molar-refractivity contribution in [2.24, 2.45) is 5.92 Å². The Morgan fingerprint density at radius 2 is 1.74 bits per heavy atom. The van der Waals surface area contributed by atoms with Crippen molar-refractivity contribution in [3.8, 4) is 11.4 Å². The third-order valence-electron chi connectivity index (χ3n) is 8.09. The van der Waals surface area contributed by atoms with Gasteiger partial charge in [0.25, 0.3) is 5.56 Å². The van der Waals surface area contributed by atoms with Crippen molar-refractivity contribution in [3.05, 3.63) is 33.8 Å². The molecule has 11 nitrogen and oxygen atoms in total. The zero-order valence-electron chi connectivity index (χ0n) is 23.4. The monoisotopic (exact) mass is 554 g/mol. The smallest absolute Gasteiger partial charge is 0.295 e. The molecule has 3 aromatic heterocycles. The Morgan fingerprint density at radius 1 is 1.03 bits per heavy atom. The minimum atomic E-state index is -3.17. The lowest BCUT2D eigenvalue weighted by molar-refractivity contribution is 0.282. The number of fused-ring (bicyclic) bond motifs is 1. The van der Waals surface area contributed by atoms with Crippen molar-refractivity contribution in [1.82, 2.24) is 33.8 Å². The quantitative estimate of drug-likeness (QED) is 0.421. The summed E-state index contributed by atoms with van der Waals surface area (Å²) >= 11 is 0. The van der Waals surface area contributed by atoms with E-state index in [0.29, 0.717) is 48.2 Å². The molecular weight excluding hydrogens is 516 g/mol. The maximum absolute atomic E-state index is 13.8. The van der Waals surface area contributed by atoms with Crippen LogP contribution in [-0.4, -0.2) is 67.6 Å². The highest BCUT2D eigenvalue weighted by Gasteiger charge is 2.31. The average Bonchev–Trinajstić information content (AvgIpc) is 3.77. The van der Waals surface area contributed by atoms with E-state index in [4.69, 9.17) is 15.0 Å². The highest BCUT2D eigenvalue weighted by Crippen LogP contribution is 2.43. The highest BCUT2D eigenvalue weighted by atomic mass is 32.2. The molecule has 1 aliphatic carbocycles. The molecule has 0 aromatic carbocycles. The average molecular weight is 555 g/mol. The fourth-order valence-corrected chi connectivity index (χ4v) is 6.42. The molecule has 4 heterocycles. The Bertz CT molecular complexity index is 1540. The molecule has 1 saturated heterocycles. The van der Waals surface area contributed by atoms with Crippen LogP contribution in [-0.2, 0) is 10.0 Å². The first kappa shape index (κ1) is 27.6. The van der Waals surface area contributed by atoms with E-state index in [2.05, 4.69) is 15.3 Å². The summed E-state index contributed by atoms with van der Waals surface area (Å²) < 4.78 is 27.7. The third-order valence-corrected chi connectivity index (χ3v) is 9.97. The van der Waals surface area contributed by atoms with E-state index in [0.717, 1.165) is 49.1 Å². The lowest BCUT2D eigenvalue weighted by atomic mass is 9.98. The lowest BCUT2D eigenvalue weighted by Crippen LogP contribution is -2.41. The maximum atomic E-state index is 13.8. The van der Waals surface area contributed by atoms with E-state index in [1.54, 1.807) is 22.1 Å². The van der Waals surface area contributed by atoms with E-state index in [-0.39, 0.29) is 29.1 Å². The molecule has 1 saturated carbocycles. The molecule has 0 radical (unpaired) electrons. The summed E-state index contributed by atoms with van der Waals surface area (Å²) in [7, 11) is -3.17. The standard InChI is InChI=1S/C27H38N8O3S/c1-6-16(3)35-26-22(18(5)31-24(33-26)21-17(4)29-15-30-23(21)20-8-9-20)32-25(27(35)36)28-14-19-10-12-34(13-11-19)39(37,38)7-2/h15-16,19-20H,6-14H2,1-5H3,(H,28,32)/t16-/m1/s1. The molecule has 0 amide bonds. The first-order valence-corrected chi connectivity index (χ1v) is 15.6. The van der Waals surface area contributed by atoms with Gasteiger partial charge in [0.2, 0.25) is 10.0 Å². The van der Waals surface area contributed by atoms with Crippen LogP contribution in [0.2, 0.25) is 0 Å². The van der Waals surface area contributed by atoms with Crippen LogP contribution in [0.15, 0.2) is 11.1 Å². The summed E-state index contributed by atoms with van der Waals surface area (Å²) in [5.41, 5.74) is 4.24. The second-order valence-corrected chi connectivity index (χ2v) is 13.1. The van der Waals surface area contributed by atoms with Crippen molar-refractivity contribution in [2.45, 2.75) is 78.7 Å². The van der Waals surface area contributed by atoms with Crippen molar-refractivity contribution in [3.63, 3.8) is 0 Å². The summed E-state index contributed by atoms with van der Waals surface area (Å²) in [5, 5.41) is 3.29. The van der Waals surface area contributed by atoms with Crippen LogP contribution in [0, 0.1) is 19.8 Å². The molecule has 2 fully saturated rings. The minimum absolute atomic E-state index is 0.0933. The number of anilines is 1. The van der Waals surface area contributed by atoms with E-state index < -0.39 is 10.0 Å². The molecule has 12 heteroatoms. The van der Waals surface area contributed by atoms with Gasteiger partial charge in [-0.15, -0.1) is 0 Å². The van der Waals surface area contributed by atoms with Gasteiger partial charge in [-0.1, -0.05) is 6.92 Å². The van der Waals surface area contributed by atoms with E-state index in [9.17, 15) is 13.2 Å². The Morgan fingerprint density at radius 3 is 2.38 bits per heavy atom. The highest BCUT2D eigenvalue weighted by molar-refractivity contribution is 7.89. The van der Waals surface area contributed by atoms with Crippen molar-refractivity contribution in [1.29, 1.82) is 0 Å². The number of hydrogen-bond donors (Lipinski definition) is 1. The second-order valence-electron chi connectivity index (χ2n) is 10.8. The van der Waals surface area contributed by atoms with Gasteiger partial charge in [-0.05, 0) is 65.7 Å². The zero-order valence-corrected chi connectivity index (χ0v) is 24.3. The number of nitrogens with zero attached hydrogens (tertiary/aromatic N) is 7. The second kappa shape index (κ2) is 10.9. The first-order chi connectivity index (χ1) is 18.6. The number of rotatable bonds is 9. The molecule has 5 rings (SSSR count). The molecule has 1 N–H and O–H groups in total. The van der Waals surface area contributed by atoms with E-state index in [1.807, 2.05) is 27.7 Å². The molecule has 2 aliphatic rings. The van der Waals surface area contributed by atoms with Gasteiger partial charge in [0.05, 0.1) is 28.4 Å². The van der Waals surface area contributed by atoms with Crippen LogP contribution >= 0.6 is 0 Å². The number of hydrogen-bond acceptors (Lipinski definition) is 9. The molecule has 1 aliphatic heterocycles. The van der Waals surface area contributed by atoms with Gasteiger partial charge in [-0.2, -0.15) is 0 Å². The maximum Gasteiger partial charge on any atom is 0.295 e. The molecule has 0 spiro atoms. The normalized spacial score (nSPS) is 18.0. The van der Waals surface area contributed by atoms with Crippen molar-refractivity contribution >= 4 is 27.0 Å². The van der Waals surface area contributed by atoms with E-state index >= 15 is 0 Å². The van der Waals surface area contributed by atoms with Crippen LogP contribution < -0.4 is 10.9 Å². The molecule has 210 valence electrons. The lowest BCUT2D eigenvalue weighted by Gasteiger charge is -2.31. The van der Waals surface area contributed by atoms with E-state index in [1.165, 1.54) is 0 Å². The number of aromatic nitrogens is 6. The summed E-state index contributed by atoms with van der Waals surface area (Å²) in [5.74, 6) is 1.59. The summed E-state index contributed by atoms with van der Waals surface area (Å²) in [6, 6.07) is -0.0933. The summed E-state index contributed by atoms with van der Waals surface area (Å²) in [4.78, 5) is 37.2. The van der Waals surface area contributed by atoms with Gasteiger partial charge in [-0.3, -0.25) is 9.36 Å². The molecule has 1 atom stereocenters. The first-order valence-electron chi connectivity index (χ1n) is 14.0. The predicted octanol–water partition coefficient (Wildman–Crippen LogP) is 3.58. The van der Waals surface area contributed by atoms with Crippen LogP contribution in [0.3, 0.4) is 0 Å². The van der Waals surface area contributed by atoms with Crippen LogP contribution in [0.5, 0.6) is 0 Å². The van der Waals surface area contributed by atoms with Crippen molar-refractivity contribution < 1.29 is 8.42 Å². The molecule has 0 bridgehead atoms. The Balaban J connectivity index is 1.49. The Labute approximate surface area is 229 Å². The Hall–Kier alpha value is -2.99. The molecule has 0 unspecified atom stereocenters. The number of nitrogens with one attached hydrogen (secondary N) is 1. The van der Waals surface area contributed by atoms with Gasteiger partial charge in [-0.25, -0.2) is 37.6 Å². The molecule has 39 heavy (non-hydrogen) atoms. The SMILES string of the molecule is CC[C@@H](C)n1c(=O)c(NCC2CCN(S(=O)(=O)CC)CC2)nc2c(C)nc(-c3c(C)ncnc3C3CC3)nc21. The molecule has 3 aromatic rings. The van der Waals surface area contributed by atoms with Crippen LogP contribution in [0.4, 0.5) is 5.82 Å². The topological polar surface area (TPSA) is 136 Å². The van der Waals surface area contributed by atoms with Crippen molar-refractivity contribution in [2.75, 3.05) is 30.7 Å². The molecular formula is C27H38N8O3S. The fraction of sp³-hybridized carbons (Fsp3) is 0.630. The fourth-order valence-electron chi connectivity index (χ4n) is 5.29. The van der Waals surface area contributed by atoms with Gasteiger partial charge in [0, 0.05) is 31.6 Å². The number of sulfonamides is 1. The third kappa shape index (κ3) is 5.41. The number of aryl methyl sites for hydroxylation is 2. The minimum Gasteiger partial charge on any atom is -0.365 e. The van der Waals surface area contributed by atoms with Gasteiger partial charge in [0.1, 0.15) is 11.8 Å². The summed E-state index contributed by atoms with van der Waals surface area (Å²) in [6.07, 6.45) is 6.03. The van der Waals surface area contributed by atoms with Gasteiger partial charge in [0.15, 0.2) is 17.3 Å². The number of piperidine rings is 1. The zero-order chi connectivity index (χ0) is 27.9. The predicted molar refractivity (Wildman–Crippen MR) is 151 cm³/mol. The van der Waals surface area contributed by atoms with Crippen LogP contribution in [0.25, 0.3) is 22.6 Å². The summed E-state index contributed by atoms with van der Waals surface area (Å²) in [6.45, 7) is 11.1. The largest absolute Gasteiger partial charge is 0.365 e. The van der Waals surface area contributed by atoms with Gasteiger partial charge < -0.3 is 5.32 Å².